The lowest BCUT2D eigenvalue weighted by atomic mass is 10.1. The first kappa shape index (κ1) is 14.7. The lowest BCUT2D eigenvalue weighted by Gasteiger charge is -2.28. The maximum atomic E-state index is 4.32. The van der Waals surface area contributed by atoms with E-state index >= 15 is 0 Å². The van der Waals surface area contributed by atoms with Crippen molar-refractivity contribution in [2.45, 2.75) is 32.4 Å². The SMILES string of the molecule is Cc1ncsc1CNCC(c1ccccc1)N1CCCC1. The van der Waals surface area contributed by atoms with Gasteiger partial charge in [-0.05, 0) is 38.4 Å². The predicted octanol–water partition coefficient (Wildman–Crippen LogP) is 3.38. The van der Waals surface area contributed by atoms with E-state index in [0.29, 0.717) is 6.04 Å². The van der Waals surface area contributed by atoms with Crippen LogP contribution in [0.1, 0.15) is 35.0 Å². The van der Waals surface area contributed by atoms with Gasteiger partial charge in [0, 0.05) is 24.0 Å². The Morgan fingerprint density at radius 3 is 2.67 bits per heavy atom. The van der Waals surface area contributed by atoms with E-state index in [1.54, 1.807) is 11.3 Å². The van der Waals surface area contributed by atoms with E-state index in [1.165, 1.54) is 36.4 Å². The molecule has 2 heterocycles. The average Bonchev–Trinajstić information content (AvgIpc) is 3.17. The van der Waals surface area contributed by atoms with Crippen LogP contribution in [0.3, 0.4) is 0 Å². The van der Waals surface area contributed by atoms with E-state index in [4.69, 9.17) is 0 Å². The summed E-state index contributed by atoms with van der Waals surface area (Å²) in [6, 6.07) is 11.4. The van der Waals surface area contributed by atoms with Crippen molar-refractivity contribution in [3.8, 4) is 0 Å². The molecule has 21 heavy (non-hydrogen) atoms. The molecule has 1 aromatic carbocycles. The van der Waals surface area contributed by atoms with Crippen LogP contribution in [0.4, 0.5) is 0 Å². The number of thiazole rings is 1. The number of hydrogen-bond acceptors (Lipinski definition) is 4. The van der Waals surface area contributed by atoms with Gasteiger partial charge >= 0.3 is 0 Å². The molecule has 0 saturated carbocycles. The number of rotatable bonds is 6. The highest BCUT2D eigenvalue weighted by Gasteiger charge is 2.22. The molecule has 1 fully saturated rings. The van der Waals surface area contributed by atoms with Crippen LogP contribution in [0.15, 0.2) is 35.8 Å². The highest BCUT2D eigenvalue weighted by atomic mass is 32.1. The normalized spacial score (nSPS) is 17.2. The summed E-state index contributed by atoms with van der Waals surface area (Å²) in [7, 11) is 0. The average molecular weight is 301 g/mol. The fourth-order valence-electron chi connectivity index (χ4n) is 3.00. The van der Waals surface area contributed by atoms with Gasteiger partial charge in [0.2, 0.25) is 0 Å². The Hall–Kier alpha value is -1.23. The molecule has 0 amide bonds. The number of hydrogen-bond donors (Lipinski definition) is 1. The van der Waals surface area contributed by atoms with Gasteiger partial charge in [0.05, 0.1) is 11.2 Å². The first-order chi connectivity index (χ1) is 10.3. The van der Waals surface area contributed by atoms with Gasteiger partial charge in [0.25, 0.3) is 0 Å². The lowest BCUT2D eigenvalue weighted by Crippen LogP contribution is -2.33. The van der Waals surface area contributed by atoms with Crippen LogP contribution in [-0.2, 0) is 6.54 Å². The molecule has 112 valence electrons. The molecule has 1 aromatic heterocycles. The molecule has 1 aliphatic heterocycles. The Balaban J connectivity index is 1.63. The van der Waals surface area contributed by atoms with Crippen LogP contribution < -0.4 is 5.32 Å². The molecule has 1 N–H and O–H groups in total. The molecular formula is C17H23N3S. The van der Waals surface area contributed by atoms with Gasteiger partial charge < -0.3 is 5.32 Å². The quantitative estimate of drug-likeness (QED) is 0.886. The molecule has 0 spiro atoms. The molecule has 0 aliphatic carbocycles. The van der Waals surface area contributed by atoms with Crippen molar-refractivity contribution in [3.05, 3.63) is 52.0 Å². The van der Waals surface area contributed by atoms with Gasteiger partial charge in [0.1, 0.15) is 0 Å². The van der Waals surface area contributed by atoms with E-state index in [9.17, 15) is 0 Å². The predicted molar refractivity (Wildman–Crippen MR) is 88.5 cm³/mol. The van der Waals surface area contributed by atoms with Crippen LogP contribution in [-0.4, -0.2) is 29.5 Å². The Kier molecular flexibility index (Phi) is 5.01. The van der Waals surface area contributed by atoms with Crippen molar-refractivity contribution >= 4 is 11.3 Å². The topological polar surface area (TPSA) is 28.2 Å². The molecule has 1 aliphatic rings. The molecular weight excluding hydrogens is 278 g/mol. The molecule has 1 atom stereocenters. The number of nitrogens with one attached hydrogen (secondary N) is 1. The molecule has 2 aromatic rings. The van der Waals surface area contributed by atoms with E-state index in [1.807, 2.05) is 5.51 Å². The first-order valence-corrected chi connectivity index (χ1v) is 8.61. The molecule has 0 bridgehead atoms. The van der Waals surface area contributed by atoms with Crippen LogP contribution in [0.2, 0.25) is 0 Å². The fraction of sp³-hybridized carbons (Fsp3) is 0.471. The largest absolute Gasteiger partial charge is 0.310 e. The second kappa shape index (κ2) is 7.16. The Bertz CT molecular complexity index is 546. The summed E-state index contributed by atoms with van der Waals surface area (Å²) in [5.41, 5.74) is 4.51. The number of benzene rings is 1. The first-order valence-electron chi connectivity index (χ1n) is 7.73. The zero-order chi connectivity index (χ0) is 14.5. The maximum Gasteiger partial charge on any atom is 0.0798 e. The van der Waals surface area contributed by atoms with Crippen molar-refractivity contribution in [2.24, 2.45) is 0 Å². The van der Waals surface area contributed by atoms with E-state index in [0.717, 1.165) is 18.8 Å². The molecule has 3 nitrogen and oxygen atoms in total. The number of likely N-dealkylation sites (tertiary alicyclic amines) is 1. The Morgan fingerprint density at radius 1 is 1.24 bits per heavy atom. The second-order valence-corrected chi connectivity index (χ2v) is 6.60. The van der Waals surface area contributed by atoms with Crippen molar-refractivity contribution in [1.29, 1.82) is 0 Å². The van der Waals surface area contributed by atoms with Gasteiger partial charge in [-0.3, -0.25) is 4.90 Å². The second-order valence-electron chi connectivity index (χ2n) is 5.66. The van der Waals surface area contributed by atoms with E-state index in [2.05, 4.69) is 52.5 Å². The van der Waals surface area contributed by atoms with Gasteiger partial charge in [-0.1, -0.05) is 30.3 Å². The summed E-state index contributed by atoms with van der Waals surface area (Å²) in [5.74, 6) is 0. The smallest absolute Gasteiger partial charge is 0.0798 e. The highest BCUT2D eigenvalue weighted by molar-refractivity contribution is 7.09. The minimum Gasteiger partial charge on any atom is -0.310 e. The van der Waals surface area contributed by atoms with Gasteiger partial charge in [-0.25, -0.2) is 4.98 Å². The summed E-state index contributed by atoms with van der Waals surface area (Å²) >= 11 is 1.74. The van der Waals surface area contributed by atoms with Crippen molar-refractivity contribution in [1.82, 2.24) is 15.2 Å². The van der Waals surface area contributed by atoms with Crippen LogP contribution in [0.25, 0.3) is 0 Å². The molecule has 0 radical (unpaired) electrons. The van der Waals surface area contributed by atoms with Crippen molar-refractivity contribution < 1.29 is 0 Å². The summed E-state index contributed by atoms with van der Waals surface area (Å²) in [4.78, 5) is 8.28. The minimum atomic E-state index is 0.488. The standard InChI is InChI=1S/C17H23N3S/c1-14-17(21-13-19-14)12-18-11-16(20-9-5-6-10-20)15-7-3-2-4-8-15/h2-4,7-8,13,16,18H,5-6,9-12H2,1H3. The molecule has 1 unspecified atom stereocenters. The summed E-state index contributed by atoms with van der Waals surface area (Å²) in [5, 5.41) is 3.63. The third kappa shape index (κ3) is 3.70. The number of aryl methyl sites for hydroxylation is 1. The van der Waals surface area contributed by atoms with E-state index < -0.39 is 0 Å². The van der Waals surface area contributed by atoms with Gasteiger partial charge in [-0.2, -0.15) is 0 Å². The maximum absolute atomic E-state index is 4.32. The van der Waals surface area contributed by atoms with Crippen LogP contribution in [0, 0.1) is 6.92 Å². The molecule has 3 rings (SSSR count). The van der Waals surface area contributed by atoms with Gasteiger partial charge in [0.15, 0.2) is 0 Å². The summed E-state index contributed by atoms with van der Waals surface area (Å²) in [6.07, 6.45) is 2.66. The molecule has 1 saturated heterocycles. The Labute approximate surface area is 131 Å². The van der Waals surface area contributed by atoms with Crippen LogP contribution >= 0.6 is 11.3 Å². The third-order valence-electron chi connectivity index (χ3n) is 4.23. The van der Waals surface area contributed by atoms with Crippen molar-refractivity contribution in [2.75, 3.05) is 19.6 Å². The monoisotopic (exact) mass is 301 g/mol. The number of aromatic nitrogens is 1. The molecule has 4 heteroatoms. The van der Waals surface area contributed by atoms with Crippen LogP contribution in [0.5, 0.6) is 0 Å². The highest BCUT2D eigenvalue weighted by Crippen LogP contribution is 2.24. The van der Waals surface area contributed by atoms with Crippen molar-refractivity contribution in [3.63, 3.8) is 0 Å². The minimum absolute atomic E-state index is 0.488. The zero-order valence-electron chi connectivity index (χ0n) is 12.6. The zero-order valence-corrected chi connectivity index (χ0v) is 13.4. The Morgan fingerprint density at radius 2 is 2.00 bits per heavy atom. The lowest BCUT2D eigenvalue weighted by molar-refractivity contribution is 0.238. The summed E-state index contributed by atoms with van der Waals surface area (Å²) in [6.45, 7) is 6.46. The third-order valence-corrected chi connectivity index (χ3v) is 5.17. The fourth-order valence-corrected chi connectivity index (χ4v) is 3.75. The van der Waals surface area contributed by atoms with E-state index in [-0.39, 0.29) is 0 Å². The number of nitrogens with zero attached hydrogens (tertiary/aromatic N) is 2. The summed E-state index contributed by atoms with van der Waals surface area (Å²) < 4.78 is 0. The van der Waals surface area contributed by atoms with Gasteiger partial charge in [-0.15, -0.1) is 11.3 Å².